The van der Waals surface area contributed by atoms with Gasteiger partial charge < -0.3 is 0 Å². The molecule has 0 aromatic heterocycles. The molecule has 1 aromatic rings. The van der Waals surface area contributed by atoms with Gasteiger partial charge in [0.2, 0.25) is 0 Å². The fraction of sp³-hybridized carbons (Fsp3) is 0.231. The smallest absolute Gasteiger partial charge is 0.269 e. The van der Waals surface area contributed by atoms with Crippen molar-refractivity contribution in [1.29, 1.82) is 0 Å². The standard InChI is InChI=1S/C13H10N2O4/c16-12-10-6-5-9(15(18)19)7-11(10)13(17)14(12)8-3-1-2-4-8/h1,3,5-8H,2,4H2. The lowest BCUT2D eigenvalue weighted by molar-refractivity contribution is -0.384. The first-order valence-electron chi connectivity index (χ1n) is 5.92. The number of imide groups is 1. The van der Waals surface area contributed by atoms with Crippen LogP contribution >= 0.6 is 0 Å². The third-order valence-electron chi connectivity index (χ3n) is 3.43. The Morgan fingerprint density at radius 1 is 1.21 bits per heavy atom. The van der Waals surface area contributed by atoms with Crippen molar-refractivity contribution in [2.24, 2.45) is 0 Å². The average Bonchev–Trinajstić information content (AvgIpc) is 2.98. The summed E-state index contributed by atoms with van der Waals surface area (Å²) in [6.07, 6.45) is 5.30. The second-order valence-corrected chi connectivity index (χ2v) is 4.54. The minimum absolute atomic E-state index is 0.125. The number of nitrogens with zero attached hydrogens (tertiary/aromatic N) is 2. The number of fused-ring (bicyclic) bond motifs is 1. The molecule has 6 heteroatoms. The molecular formula is C13H10N2O4. The van der Waals surface area contributed by atoms with Gasteiger partial charge in [-0.15, -0.1) is 0 Å². The number of hydrogen-bond acceptors (Lipinski definition) is 4. The number of carbonyl (C=O) groups is 2. The van der Waals surface area contributed by atoms with Gasteiger partial charge in [0.15, 0.2) is 0 Å². The molecule has 3 rings (SSSR count). The van der Waals surface area contributed by atoms with Crippen molar-refractivity contribution in [2.45, 2.75) is 18.9 Å². The monoisotopic (exact) mass is 258 g/mol. The lowest BCUT2D eigenvalue weighted by Gasteiger charge is -2.19. The SMILES string of the molecule is O=C1c2ccc([N+](=O)[O-])cc2C(=O)N1C1C=CCC1. The minimum atomic E-state index is -0.573. The maximum Gasteiger partial charge on any atom is 0.270 e. The molecule has 96 valence electrons. The Bertz CT molecular complexity index is 636. The van der Waals surface area contributed by atoms with Crippen LogP contribution in [0.3, 0.4) is 0 Å². The van der Waals surface area contributed by atoms with Gasteiger partial charge in [0.25, 0.3) is 17.5 Å². The molecule has 1 aliphatic carbocycles. The van der Waals surface area contributed by atoms with Gasteiger partial charge >= 0.3 is 0 Å². The largest absolute Gasteiger partial charge is 0.270 e. The Hall–Kier alpha value is -2.50. The van der Waals surface area contributed by atoms with Crippen LogP contribution in [0.5, 0.6) is 0 Å². The summed E-state index contributed by atoms with van der Waals surface area (Å²) in [7, 11) is 0. The van der Waals surface area contributed by atoms with Crippen LogP contribution in [0.2, 0.25) is 0 Å². The Morgan fingerprint density at radius 3 is 2.58 bits per heavy atom. The van der Waals surface area contributed by atoms with Crippen LogP contribution in [-0.2, 0) is 0 Å². The van der Waals surface area contributed by atoms with Gasteiger partial charge in [-0.3, -0.25) is 24.6 Å². The second kappa shape index (κ2) is 4.01. The first-order chi connectivity index (χ1) is 9.09. The maximum atomic E-state index is 12.2. The summed E-state index contributed by atoms with van der Waals surface area (Å²) in [5.74, 6) is -0.813. The molecule has 1 unspecified atom stereocenters. The summed E-state index contributed by atoms with van der Waals surface area (Å²) in [5.41, 5.74) is 0.194. The molecule has 6 nitrogen and oxygen atoms in total. The van der Waals surface area contributed by atoms with E-state index < -0.39 is 10.8 Å². The molecule has 0 radical (unpaired) electrons. The van der Waals surface area contributed by atoms with E-state index in [9.17, 15) is 19.7 Å². The Labute approximate surface area is 108 Å². The van der Waals surface area contributed by atoms with Crippen molar-refractivity contribution in [3.63, 3.8) is 0 Å². The molecule has 1 atom stereocenters. The molecule has 19 heavy (non-hydrogen) atoms. The molecular weight excluding hydrogens is 248 g/mol. The number of hydrogen-bond donors (Lipinski definition) is 0. The van der Waals surface area contributed by atoms with E-state index in [2.05, 4.69) is 0 Å². The number of allylic oxidation sites excluding steroid dienone is 1. The molecule has 1 aliphatic heterocycles. The van der Waals surface area contributed by atoms with E-state index >= 15 is 0 Å². The Kier molecular flexibility index (Phi) is 2.45. The van der Waals surface area contributed by atoms with E-state index in [4.69, 9.17) is 0 Å². The van der Waals surface area contributed by atoms with E-state index in [1.54, 1.807) is 0 Å². The molecule has 2 aliphatic rings. The highest BCUT2D eigenvalue weighted by atomic mass is 16.6. The fourth-order valence-corrected chi connectivity index (χ4v) is 2.49. The van der Waals surface area contributed by atoms with E-state index in [1.165, 1.54) is 23.1 Å². The van der Waals surface area contributed by atoms with Crippen LogP contribution in [0, 0.1) is 10.1 Å². The highest BCUT2D eigenvalue weighted by Gasteiger charge is 2.40. The summed E-state index contributed by atoms with van der Waals surface area (Å²) >= 11 is 0. The van der Waals surface area contributed by atoms with Gasteiger partial charge in [0.05, 0.1) is 22.1 Å². The van der Waals surface area contributed by atoms with Crippen LogP contribution in [0.25, 0.3) is 0 Å². The molecule has 0 saturated heterocycles. The predicted octanol–water partition coefficient (Wildman–Crippen LogP) is 1.91. The molecule has 2 amide bonds. The van der Waals surface area contributed by atoms with Crippen LogP contribution in [-0.4, -0.2) is 27.7 Å². The average molecular weight is 258 g/mol. The quantitative estimate of drug-likeness (QED) is 0.351. The van der Waals surface area contributed by atoms with Gasteiger partial charge in [-0.2, -0.15) is 0 Å². The third-order valence-corrected chi connectivity index (χ3v) is 3.43. The number of nitro benzene ring substituents is 1. The van der Waals surface area contributed by atoms with Gasteiger partial charge in [-0.25, -0.2) is 0 Å². The van der Waals surface area contributed by atoms with Gasteiger partial charge in [0.1, 0.15) is 0 Å². The van der Waals surface area contributed by atoms with E-state index in [-0.39, 0.29) is 28.8 Å². The second-order valence-electron chi connectivity index (χ2n) is 4.54. The lowest BCUT2D eigenvalue weighted by Crippen LogP contribution is -2.37. The number of rotatable bonds is 2. The number of carbonyl (C=O) groups excluding carboxylic acids is 2. The summed E-state index contributed by atoms with van der Waals surface area (Å²) in [6, 6.07) is 3.55. The Morgan fingerprint density at radius 2 is 1.95 bits per heavy atom. The molecule has 0 saturated carbocycles. The zero-order valence-corrected chi connectivity index (χ0v) is 9.91. The van der Waals surface area contributed by atoms with Crippen molar-refractivity contribution in [1.82, 2.24) is 4.90 Å². The van der Waals surface area contributed by atoms with Gasteiger partial charge in [-0.05, 0) is 18.9 Å². The van der Waals surface area contributed by atoms with E-state index in [1.807, 2.05) is 12.2 Å². The molecule has 0 N–H and O–H groups in total. The van der Waals surface area contributed by atoms with E-state index in [0.29, 0.717) is 6.42 Å². The molecule has 0 spiro atoms. The summed E-state index contributed by atoms with van der Waals surface area (Å²) < 4.78 is 0. The number of benzene rings is 1. The molecule has 0 bridgehead atoms. The highest BCUT2D eigenvalue weighted by molar-refractivity contribution is 6.22. The summed E-state index contributed by atoms with van der Waals surface area (Å²) in [4.78, 5) is 35.7. The summed E-state index contributed by atoms with van der Waals surface area (Å²) in [6.45, 7) is 0. The van der Waals surface area contributed by atoms with Crippen molar-refractivity contribution in [3.05, 3.63) is 51.6 Å². The van der Waals surface area contributed by atoms with Crippen LogP contribution in [0.15, 0.2) is 30.4 Å². The van der Waals surface area contributed by atoms with Gasteiger partial charge in [0, 0.05) is 12.1 Å². The van der Waals surface area contributed by atoms with Crippen molar-refractivity contribution >= 4 is 17.5 Å². The fourth-order valence-electron chi connectivity index (χ4n) is 2.49. The van der Waals surface area contributed by atoms with Crippen molar-refractivity contribution in [2.75, 3.05) is 0 Å². The zero-order chi connectivity index (χ0) is 13.6. The first-order valence-corrected chi connectivity index (χ1v) is 5.92. The highest BCUT2D eigenvalue weighted by Crippen LogP contribution is 2.30. The number of nitro groups is 1. The normalized spacial score (nSPS) is 21.1. The number of non-ortho nitro benzene ring substituents is 1. The van der Waals surface area contributed by atoms with Crippen molar-refractivity contribution in [3.8, 4) is 0 Å². The molecule has 0 fully saturated rings. The topological polar surface area (TPSA) is 80.5 Å². The predicted molar refractivity (Wildman–Crippen MR) is 65.8 cm³/mol. The first kappa shape index (κ1) is 11.6. The van der Waals surface area contributed by atoms with Crippen LogP contribution in [0.1, 0.15) is 33.6 Å². The molecule has 1 heterocycles. The van der Waals surface area contributed by atoms with Crippen LogP contribution in [0.4, 0.5) is 5.69 Å². The number of amides is 2. The third kappa shape index (κ3) is 1.64. The summed E-state index contributed by atoms with van der Waals surface area (Å²) in [5, 5.41) is 10.7. The minimum Gasteiger partial charge on any atom is -0.269 e. The van der Waals surface area contributed by atoms with Crippen LogP contribution < -0.4 is 0 Å². The lowest BCUT2D eigenvalue weighted by atomic mass is 10.1. The van der Waals surface area contributed by atoms with Gasteiger partial charge in [-0.1, -0.05) is 12.2 Å². The Balaban J connectivity index is 2.04. The zero-order valence-electron chi connectivity index (χ0n) is 9.91. The maximum absolute atomic E-state index is 12.2. The molecule has 1 aromatic carbocycles. The van der Waals surface area contributed by atoms with E-state index in [0.717, 1.165) is 6.42 Å². The van der Waals surface area contributed by atoms with Crippen molar-refractivity contribution < 1.29 is 14.5 Å².